The molecule has 0 fully saturated rings. The molecule has 1 atom stereocenters. The van der Waals surface area contributed by atoms with Crippen LogP contribution in [0.4, 0.5) is 0 Å². The van der Waals surface area contributed by atoms with E-state index in [-0.39, 0.29) is 24.2 Å². The fraction of sp³-hybridized carbons (Fsp3) is 0.158. The molecule has 0 aliphatic carbocycles. The molecule has 4 rings (SSSR count). The molecule has 1 aliphatic heterocycles. The predicted octanol–water partition coefficient (Wildman–Crippen LogP) is 2.94. The summed E-state index contributed by atoms with van der Waals surface area (Å²) < 4.78 is 10.6. The van der Waals surface area contributed by atoms with Gasteiger partial charge in [-0.15, -0.1) is 0 Å². The van der Waals surface area contributed by atoms with Crippen molar-refractivity contribution in [1.82, 2.24) is 15.3 Å². The van der Waals surface area contributed by atoms with Crippen LogP contribution < -0.4 is 14.8 Å². The van der Waals surface area contributed by atoms with E-state index in [9.17, 15) is 10.1 Å². The second-order valence-electron chi connectivity index (χ2n) is 5.86. The molecule has 0 radical (unpaired) electrons. The Bertz CT molecular complexity index is 1080. The van der Waals surface area contributed by atoms with Gasteiger partial charge in [-0.3, -0.25) is 4.79 Å². The zero-order valence-corrected chi connectivity index (χ0v) is 14.7. The van der Waals surface area contributed by atoms with Crippen LogP contribution in [0.1, 0.15) is 17.2 Å². The molecule has 1 N–H and O–H groups in total. The molecule has 1 amide bonds. The van der Waals surface area contributed by atoms with Gasteiger partial charge in [0.1, 0.15) is 5.69 Å². The van der Waals surface area contributed by atoms with E-state index in [2.05, 4.69) is 15.3 Å². The number of aromatic nitrogens is 2. The van der Waals surface area contributed by atoms with Crippen molar-refractivity contribution in [2.24, 2.45) is 0 Å². The number of rotatable bonds is 4. The Kier molecular flexibility index (Phi) is 4.48. The summed E-state index contributed by atoms with van der Waals surface area (Å²) in [6.07, 6.45) is 0. The number of ether oxygens (including phenoxy) is 2. The van der Waals surface area contributed by atoms with Crippen LogP contribution in [-0.2, 0) is 11.3 Å². The van der Waals surface area contributed by atoms with E-state index in [4.69, 9.17) is 21.1 Å². The number of benzene rings is 2. The molecule has 0 saturated carbocycles. The maximum atomic E-state index is 12.6. The third kappa shape index (κ3) is 3.35. The molecule has 27 heavy (non-hydrogen) atoms. The number of para-hydroxylation sites is 2. The minimum absolute atomic E-state index is 0.0403. The predicted molar refractivity (Wildman–Crippen MR) is 97.3 cm³/mol. The van der Waals surface area contributed by atoms with Crippen molar-refractivity contribution in [2.75, 3.05) is 6.79 Å². The van der Waals surface area contributed by atoms with Crippen molar-refractivity contribution >= 4 is 28.5 Å². The average Bonchev–Trinajstić information content (AvgIpc) is 3.15. The van der Waals surface area contributed by atoms with Crippen molar-refractivity contribution in [3.63, 3.8) is 0 Å². The molecular weight excluding hydrogens is 368 g/mol. The van der Waals surface area contributed by atoms with E-state index in [0.29, 0.717) is 22.5 Å². The minimum atomic E-state index is -1.16. The highest BCUT2D eigenvalue weighted by Crippen LogP contribution is 2.32. The first-order valence-electron chi connectivity index (χ1n) is 8.14. The largest absolute Gasteiger partial charge is 0.454 e. The lowest BCUT2D eigenvalue weighted by atomic mass is 10.1. The fourth-order valence-corrected chi connectivity index (χ4v) is 3.00. The van der Waals surface area contributed by atoms with Gasteiger partial charge >= 0.3 is 0 Å². The Morgan fingerprint density at radius 1 is 1.19 bits per heavy atom. The number of fused-ring (bicyclic) bond motifs is 2. The van der Waals surface area contributed by atoms with Gasteiger partial charge in [0.05, 0.1) is 17.1 Å². The maximum absolute atomic E-state index is 12.6. The van der Waals surface area contributed by atoms with E-state index < -0.39 is 11.8 Å². The molecule has 8 heteroatoms. The average molecular weight is 381 g/mol. The maximum Gasteiger partial charge on any atom is 0.243 e. The zero-order valence-electron chi connectivity index (χ0n) is 14.0. The van der Waals surface area contributed by atoms with Crippen molar-refractivity contribution in [3.8, 4) is 17.6 Å². The summed E-state index contributed by atoms with van der Waals surface area (Å²) in [7, 11) is 0. The van der Waals surface area contributed by atoms with Crippen LogP contribution in [0.5, 0.6) is 11.5 Å². The first-order valence-corrected chi connectivity index (χ1v) is 8.51. The highest BCUT2D eigenvalue weighted by molar-refractivity contribution is 6.30. The lowest BCUT2D eigenvalue weighted by Gasteiger charge is -2.12. The summed E-state index contributed by atoms with van der Waals surface area (Å²) in [5, 5.41) is 12.3. The van der Waals surface area contributed by atoms with Gasteiger partial charge in [0, 0.05) is 6.54 Å². The van der Waals surface area contributed by atoms with Crippen LogP contribution in [0.25, 0.3) is 11.0 Å². The summed E-state index contributed by atoms with van der Waals surface area (Å²) in [5.41, 5.74) is 2.13. The third-order valence-corrected chi connectivity index (χ3v) is 4.40. The van der Waals surface area contributed by atoms with E-state index in [1.165, 1.54) is 0 Å². The van der Waals surface area contributed by atoms with Gasteiger partial charge in [-0.1, -0.05) is 29.8 Å². The number of carbonyl (C=O) groups is 1. The van der Waals surface area contributed by atoms with Gasteiger partial charge in [-0.05, 0) is 29.8 Å². The number of nitrogens with zero attached hydrogens (tertiary/aromatic N) is 3. The topological polar surface area (TPSA) is 97.1 Å². The molecule has 1 aromatic heterocycles. The second-order valence-corrected chi connectivity index (χ2v) is 6.21. The van der Waals surface area contributed by atoms with Gasteiger partial charge in [-0.2, -0.15) is 5.26 Å². The second kappa shape index (κ2) is 7.09. The molecule has 7 nitrogen and oxygen atoms in total. The number of hydrogen-bond donors (Lipinski definition) is 1. The van der Waals surface area contributed by atoms with E-state index >= 15 is 0 Å². The Morgan fingerprint density at radius 3 is 2.70 bits per heavy atom. The van der Waals surface area contributed by atoms with Gasteiger partial charge in [0.2, 0.25) is 12.7 Å². The Morgan fingerprint density at radius 2 is 1.93 bits per heavy atom. The van der Waals surface area contributed by atoms with E-state index in [1.807, 2.05) is 18.2 Å². The lowest BCUT2D eigenvalue weighted by molar-refractivity contribution is -0.121. The summed E-state index contributed by atoms with van der Waals surface area (Å²) >= 11 is 6.17. The van der Waals surface area contributed by atoms with Crippen LogP contribution >= 0.6 is 11.6 Å². The number of halogens is 1. The number of nitrogens with one attached hydrogen (secondary N) is 1. The lowest BCUT2D eigenvalue weighted by Crippen LogP contribution is -2.29. The van der Waals surface area contributed by atoms with Gasteiger partial charge in [-0.25, -0.2) is 9.97 Å². The standard InChI is InChI=1S/C19H13ClN4O3/c20-18-17(23-13-3-1-2-4-14(13)24-18)12(8-21)19(25)22-9-11-5-6-15-16(7-11)27-10-26-15/h1-7,12H,9-10H2,(H,22,25). The van der Waals surface area contributed by atoms with Crippen molar-refractivity contribution in [2.45, 2.75) is 12.5 Å². The smallest absolute Gasteiger partial charge is 0.243 e. The summed E-state index contributed by atoms with van der Waals surface area (Å²) in [5.74, 6) is -0.370. The van der Waals surface area contributed by atoms with Crippen molar-refractivity contribution in [1.29, 1.82) is 5.26 Å². The van der Waals surface area contributed by atoms with E-state index in [0.717, 1.165) is 5.56 Å². The Balaban J connectivity index is 1.53. The molecule has 0 spiro atoms. The summed E-state index contributed by atoms with van der Waals surface area (Å²) in [6.45, 7) is 0.410. The zero-order chi connectivity index (χ0) is 18.8. The molecule has 0 saturated heterocycles. The highest BCUT2D eigenvalue weighted by Gasteiger charge is 2.25. The molecule has 134 valence electrons. The van der Waals surface area contributed by atoms with Gasteiger partial charge in [0.15, 0.2) is 22.6 Å². The molecule has 3 aromatic rings. The number of amides is 1. The number of hydrogen-bond acceptors (Lipinski definition) is 6. The fourth-order valence-electron chi connectivity index (χ4n) is 2.76. The van der Waals surface area contributed by atoms with Crippen molar-refractivity contribution < 1.29 is 14.3 Å². The van der Waals surface area contributed by atoms with Crippen LogP contribution in [0, 0.1) is 11.3 Å². The molecule has 2 heterocycles. The molecule has 1 aliphatic rings. The molecular formula is C19H13ClN4O3. The summed E-state index contributed by atoms with van der Waals surface area (Å²) in [4.78, 5) is 21.1. The third-order valence-electron chi connectivity index (χ3n) is 4.12. The highest BCUT2D eigenvalue weighted by atomic mass is 35.5. The summed E-state index contributed by atoms with van der Waals surface area (Å²) in [6, 6.07) is 14.5. The van der Waals surface area contributed by atoms with Crippen LogP contribution in [0.2, 0.25) is 5.15 Å². The first kappa shape index (κ1) is 17.1. The minimum Gasteiger partial charge on any atom is -0.454 e. The quantitative estimate of drug-likeness (QED) is 0.747. The van der Waals surface area contributed by atoms with Crippen LogP contribution in [0.15, 0.2) is 42.5 Å². The molecule has 1 unspecified atom stereocenters. The van der Waals surface area contributed by atoms with Crippen LogP contribution in [-0.4, -0.2) is 22.7 Å². The first-order chi connectivity index (χ1) is 13.2. The Labute approximate surface area is 159 Å². The normalized spacial score (nSPS) is 13.2. The van der Waals surface area contributed by atoms with Gasteiger partial charge in [0.25, 0.3) is 0 Å². The molecule has 2 aromatic carbocycles. The van der Waals surface area contributed by atoms with E-state index in [1.54, 1.807) is 30.3 Å². The monoisotopic (exact) mass is 380 g/mol. The van der Waals surface area contributed by atoms with Gasteiger partial charge < -0.3 is 14.8 Å². The Hall–Kier alpha value is -3.37. The number of carbonyl (C=O) groups excluding carboxylic acids is 1. The molecule has 0 bridgehead atoms. The number of nitriles is 1. The van der Waals surface area contributed by atoms with Crippen molar-refractivity contribution in [3.05, 3.63) is 58.9 Å². The van der Waals surface area contributed by atoms with Crippen LogP contribution in [0.3, 0.4) is 0 Å². The SMILES string of the molecule is N#CC(C(=O)NCc1ccc2c(c1)OCO2)c1nc2ccccc2nc1Cl.